The molecule has 0 aromatic heterocycles. The van der Waals surface area contributed by atoms with Gasteiger partial charge in [-0.2, -0.15) is 0 Å². The first-order valence-corrected chi connectivity index (χ1v) is 7.60. The molecule has 0 N–H and O–H groups in total. The number of piperidine rings is 1. The van der Waals surface area contributed by atoms with Gasteiger partial charge in [0.25, 0.3) is 0 Å². The fraction of sp³-hybridized carbons (Fsp3) is 0.929. The van der Waals surface area contributed by atoms with E-state index in [9.17, 15) is 4.79 Å². The smallest absolute Gasteiger partial charge is 0.410 e. The van der Waals surface area contributed by atoms with Gasteiger partial charge in [0.15, 0.2) is 0 Å². The molecule has 1 atom stereocenters. The molecule has 3 rings (SSSR count). The van der Waals surface area contributed by atoms with Gasteiger partial charge in [-0.05, 0) is 6.92 Å². The van der Waals surface area contributed by atoms with Gasteiger partial charge >= 0.3 is 6.09 Å². The van der Waals surface area contributed by atoms with Crippen molar-refractivity contribution in [1.29, 1.82) is 0 Å². The predicted molar refractivity (Wildman–Crippen MR) is 72.7 cm³/mol. The zero-order chi connectivity index (χ0) is 14.0. The highest BCUT2D eigenvalue weighted by Crippen LogP contribution is 2.33. The second-order valence-electron chi connectivity index (χ2n) is 5.93. The summed E-state index contributed by atoms with van der Waals surface area (Å²) >= 11 is 0. The summed E-state index contributed by atoms with van der Waals surface area (Å²) in [6.45, 7) is 8.43. The number of hydrogen-bond acceptors (Lipinski definition) is 5. The molecule has 0 saturated carbocycles. The molecular formula is C14H24N2O4. The Hall–Kier alpha value is -0.850. The van der Waals surface area contributed by atoms with Crippen LogP contribution in [0, 0.1) is 0 Å². The SMILES string of the molecule is CCN1CC2(CCN(C[C@@H]3COCCO3)CC2)OC1=O. The van der Waals surface area contributed by atoms with E-state index in [1.807, 2.05) is 6.92 Å². The molecule has 1 spiro atoms. The Labute approximate surface area is 119 Å². The fourth-order valence-electron chi connectivity index (χ4n) is 3.27. The van der Waals surface area contributed by atoms with Crippen LogP contribution in [-0.2, 0) is 14.2 Å². The van der Waals surface area contributed by atoms with Crippen LogP contribution in [0.25, 0.3) is 0 Å². The standard InChI is InChI=1S/C14H24N2O4/c1-2-16-11-14(20-13(16)17)3-5-15(6-4-14)9-12-10-18-7-8-19-12/h12H,2-11H2,1H3/t12-/m1/s1. The molecule has 0 radical (unpaired) electrons. The van der Waals surface area contributed by atoms with E-state index in [-0.39, 0.29) is 17.8 Å². The lowest BCUT2D eigenvalue weighted by atomic mass is 9.91. The maximum absolute atomic E-state index is 11.7. The Kier molecular flexibility index (Phi) is 4.14. The van der Waals surface area contributed by atoms with Crippen molar-refractivity contribution in [2.75, 3.05) is 52.5 Å². The number of likely N-dealkylation sites (N-methyl/N-ethyl adjacent to an activating group) is 1. The van der Waals surface area contributed by atoms with Crippen LogP contribution in [0.1, 0.15) is 19.8 Å². The average Bonchev–Trinajstić information content (AvgIpc) is 2.79. The maximum atomic E-state index is 11.7. The van der Waals surface area contributed by atoms with Crippen molar-refractivity contribution in [3.05, 3.63) is 0 Å². The lowest BCUT2D eigenvalue weighted by Gasteiger charge is -2.39. The van der Waals surface area contributed by atoms with E-state index in [1.54, 1.807) is 4.90 Å². The van der Waals surface area contributed by atoms with Crippen LogP contribution in [0.15, 0.2) is 0 Å². The summed E-state index contributed by atoms with van der Waals surface area (Å²) in [5, 5.41) is 0. The molecule has 3 aliphatic rings. The summed E-state index contributed by atoms with van der Waals surface area (Å²) in [4.78, 5) is 15.9. The summed E-state index contributed by atoms with van der Waals surface area (Å²) in [6.07, 6.45) is 1.88. The molecule has 0 aliphatic carbocycles. The van der Waals surface area contributed by atoms with E-state index in [2.05, 4.69) is 4.90 Å². The summed E-state index contributed by atoms with van der Waals surface area (Å²) in [5.74, 6) is 0. The first kappa shape index (κ1) is 14.1. The monoisotopic (exact) mass is 284 g/mol. The second kappa shape index (κ2) is 5.87. The van der Waals surface area contributed by atoms with Crippen molar-refractivity contribution in [3.63, 3.8) is 0 Å². The van der Waals surface area contributed by atoms with Crippen molar-refractivity contribution in [2.45, 2.75) is 31.5 Å². The third-order valence-electron chi connectivity index (χ3n) is 4.54. The molecule has 0 bridgehead atoms. The van der Waals surface area contributed by atoms with Crippen LogP contribution in [0.4, 0.5) is 4.79 Å². The fourth-order valence-corrected chi connectivity index (χ4v) is 3.27. The first-order chi connectivity index (χ1) is 9.71. The molecule has 0 unspecified atom stereocenters. The molecule has 6 nitrogen and oxygen atoms in total. The molecule has 1 amide bonds. The van der Waals surface area contributed by atoms with Gasteiger partial charge in [0.1, 0.15) is 5.60 Å². The van der Waals surface area contributed by atoms with Crippen LogP contribution in [0.3, 0.4) is 0 Å². The molecule has 3 fully saturated rings. The number of ether oxygens (including phenoxy) is 3. The van der Waals surface area contributed by atoms with E-state index in [4.69, 9.17) is 14.2 Å². The number of amides is 1. The molecule has 114 valence electrons. The number of nitrogens with zero attached hydrogens (tertiary/aromatic N) is 2. The lowest BCUT2D eigenvalue weighted by Crippen LogP contribution is -2.50. The molecule has 20 heavy (non-hydrogen) atoms. The molecule has 3 aliphatic heterocycles. The second-order valence-corrected chi connectivity index (χ2v) is 5.93. The number of rotatable bonds is 3. The molecule has 3 saturated heterocycles. The highest BCUT2D eigenvalue weighted by molar-refractivity contribution is 5.70. The maximum Gasteiger partial charge on any atom is 0.410 e. The van der Waals surface area contributed by atoms with Gasteiger partial charge in [-0.1, -0.05) is 0 Å². The Balaban J connectivity index is 1.48. The van der Waals surface area contributed by atoms with Gasteiger partial charge in [-0.15, -0.1) is 0 Å². The Bertz CT molecular complexity index is 349. The third kappa shape index (κ3) is 2.92. The zero-order valence-corrected chi connectivity index (χ0v) is 12.2. The highest BCUT2D eigenvalue weighted by atomic mass is 16.6. The predicted octanol–water partition coefficient (Wildman–Crippen LogP) is 0.709. The number of likely N-dealkylation sites (tertiary alicyclic amines) is 1. The van der Waals surface area contributed by atoms with Gasteiger partial charge in [-0.25, -0.2) is 4.79 Å². The Morgan fingerprint density at radius 2 is 2.10 bits per heavy atom. The molecule has 0 aromatic rings. The topological polar surface area (TPSA) is 51.2 Å². The first-order valence-electron chi connectivity index (χ1n) is 7.60. The summed E-state index contributed by atoms with van der Waals surface area (Å²) in [6, 6.07) is 0. The number of carbonyl (C=O) groups excluding carboxylic acids is 1. The normalized spacial score (nSPS) is 30.8. The van der Waals surface area contributed by atoms with Crippen LogP contribution in [-0.4, -0.2) is 80.1 Å². The Morgan fingerprint density at radius 3 is 2.70 bits per heavy atom. The minimum atomic E-state index is -0.243. The van der Waals surface area contributed by atoms with Gasteiger partial charge < -0.3 is 24.0 Å². The quantitative estimate of drug-likeness (QED) is 0.764. The molecule has 0 aromatic carbocycles. The van der Waals surface area contributed by atoms with Crippen LogP contribution >= 0.6 is 0 Å². The van der Waals surface area contributed by atoms with Crippen LogP contribution in [0.2, 0.25) is 0 Å². The van der Waals surface area contributed by atoms with E-state index in [1.165, 1.54) is 0 Å². The lowest BCUT2D eigenvalue weighted by molar-refractivity contribution is -0.103. The van der Waals surface area contributed by atoms with Crippen LogP contribution in [0.5, 0.6) is 0 Å². The van der Waals surface area contributed by atoms with Crippen molar-refractivity contribution in [1.82, 2.24) is 9.80 Å². The van der Waals surface area contributed by atoms with E-state index in [0.29, 0.717) is 19.8 Å². The molecular weight excluding hydrogens is 260 g/mol. The highest BCUT2D eigenvalue weighted by Gasteiger charge is 2.46. The third-order valence-corrected chi connectivity index (χ3v) is 4.54. The van der Waals surface area contributed by atoms with Gasteiger partial charge in [-0.3, -0.25) is 0 Å². The number of hydrogen-bond donors (Lipinski definition) is 0. The van der Waals surface area contributed by atoms with Crippen LogP contribution < -0.4 is 0 Å². The number of carbonyl (C=O) groups is 1. The minimum Gasteiger partial charge on any atom is -0.441 e. The Morgan fingerprint density at radius 1 is 1.30 bits per heavy atom. The summed E-state index contributed by atoms with van der Waals surface area (Å²) in [5.41, 5.74) is -0.243. The van der Waals surface area contributed by atoms with Gasteiger partial charge in [0.05, 0.1) is 32.5 Å². The van der Waals surface area contributed by atoms with Crippen molar-refractivity contribution < 1.29 is 19.0 Å². The minimum absolute atomic E-state index is 0.148. The molecule has 6 heteroatoms. The summed E-state index contributed by atoms with van der Waals surface area (Å²) < 4.78 is 16.8. The van der Waals surface area contributed by atoms with Crippen molar-refractivity contribution >= 4 is 6.09 Å². The largest absolute Gasteiger partial charge is 0.441 e. The van der Waals surface area contributed by atoms with Crippen molar-refractivity contribution in [3.8, 4) is 0 Å². The average molecular weight is 284 g/mol. The van der Waals surface area contributed by atoms with E-state index >= 15 is 0 Å². The zero-order valence-electron chi connectivity index (χ0n) is 12.2. The van der Waals surface area contributed by atoms with E-state index < -0.39 is 0 Å². The summed E-state index contributed by atoms with van der Waals surface area (Å²) in [7, 11) is 0. The van der Waals surface area contributed by atoms with Crippen molar-refractivity contribution in [2.24, 2.45) is 0 Å². The van der Waals surface area contributed by atoms with Gasteiger partial charge in [0.2, 0.25) is 0 Å². The van der Waals surface area contributed by atoms with Gasteiger partial charge in [0, 0.05) is 39.0 Å². The van der Waals surface area contributed by atoms with E-state index in [0.717, 1.165) is 45.6 Å². The molecule has 3 heterocycles.